The van der Waals surface area contributed by atoms with Gasteiger partial charge in [-0.15, -0.1) is 12.4 Å². The molecule has 3 rings (SSSR count). The molecule has 4 N–H and O–H groups in total. The van der Waals surface area contributed by atoms with Gasteiger partial charge >= 0.3 is 5.97 Å². The van der Waals surface area contributed by atoms with E-state index in [0.717, 1.165) is 42.6 Å². The predicted octanol–water partition coefficient (Wildman–Crippen LogP) is 3.60. The van der Waals surface area contributed by atoms with Crippen molar-refractivity contribution in [2.24, 2.45) is 11.7 Å². The summed E-state index contributed by atoms with van der Waals surface area (Å²) in [6.45, 7) is 0. The second-order valence-electron chi connectivity index (χ2n) is 6.64. The molecule has 0 amide bonds. The summed E-state index contributed by atoms with van der Waals surface area (Å²) in [5, 5.41) is 10.9. The lowest BCUT2D eigenvalue weighted by Crippen LogP contribution is -2.30. The van der Waals surface area contributed by atoms with Crippen molar-refractivity contribution < 1.29 is 9.53 Å². The Morgan fingerprint density at radius 2 is 1.74 bits per heavy atom. The van der Waals surface area contributed by atoms with Gasteiger partial charge in [-0.1, -0.05) is 24.3 Å². The molecule has 1 saturated carbocycles. The zero-order chi connectivity index (χ0) is 18.5. The van der Waals surface area contributed by atoms with Crippen LogP contribution in [0.15, 0.2) is 42.6 Å². The number of halogens is 1. The lowest BCUT2D eigenvalue weighted by atomic mass is 9.86. The molecular formula is C20H25ClN4O2. The minimum atomic E-state index is -0.0956. The quantitative estimate of drug-likeness (QED) is 0.412. The maximum absolute atomic E-state index is 11.6. The van der Waals surface area contributed by atoms with Gasteiger partial charge in [0, 0.05) is 23.4 Å². The lowest BCUT2D eigenvalue weighted by molar-refractivity contribution is -0.146. The number of ether oxygens (including phenoxy) is 1. The average molecular weight is 389 g/mol. The number of esters is 1. The van der Waals surface area contributed by atoms with Crippen molar-refractivity contribution in [3.63, 3.8) is 0 Å². The number of rotatable bonds is 5. The van der Waals surface area contributed by atoms with E-state index >= 15 is 0 Å². The molecule has 1 heterocycles. The van der Waals surface area contributed by atoms with Crippen LogP contribution in [0.1, 0.15) is 31.2 Å². The Morgan fingerprint density at radius 3 is 2.26 bits per heavy atom. The van der Waals surface area contributed by atoms with Crippen molar-refractivity contribution >= 4 is 30.0 Å². The van der Waals surface area contributed by atoms with Crippen LogP contribution in [0.25, 0.3) is 11.1 Å². The van der Waals surface area contributed by atoms with Crippen LogP contribution >= 0.6 is 12.4 Å². The zero-order valence-corrected chi connectivity index (χ0v) is 16.1. The molecule has 1 fully saturated rings. The summed E-state index contributed by atoms with van der Waals surface area (Å²) in [7, 11) is 1.45. The summed E-state index contributed by atoms with van der Waals surface area (Å²) >= 11 is 0. The van der Waals surface area contributed by atoms with Gasteiger partial charge in [0.05, 0.1) is 13.0 Å². The number of hydrogen-bond acceptors (Lipinski definition) is 5. The molecule has 0 radical (unpaired) electrons. The number of carbonyl (C=O) groups is 1. The fourth-order valence-corrected chi connectivity index (χ4v) is 3.34. The summed E-state index contributed by atoms with van der Waals surface area (Å²) in [6.07, 6.45) is 5.42. The molecule has 0 atom stereocenters. The topological polar surface area (TPSA) is 101 Å². The molecule has 0 saturated heterocycles. The molecule has 0 aliphatic heterocycles. The Labute approximate surface area is 165 Å². The van der Waals surface area contributed by atoms with E-state index < -0.39 is 0 Å². The van der Waals surface area contributed by atoms with Gasteiger partial charge in [-0.05, 0) is 43.4 Å². The van der Waals surface area contributed by atoms with E-state index in [1.165, 1.54) is 7.11 Å². The molecule has 27 heavy (non-hydrogen) atoms. The van der Waals surface area contributed by atoms with Crippen molar-refractivity contribution in [2.75, 3.05) is 12.4 Å². The number of methoxy groups -OCH3 is 1. The normalized spacial score (nSPS) is 18.9. The third kappa shape index (κ3) is 5.20. The predicted molar refractivity (Wildman–Crippen MR) is 109 cm³/mol. The summed E-state index contributed by atoms with van der Waals surface area (Å²) in [5.74, 6) is 0.847. The molecule has 1 aromatic carbocycles. The van der Waals surface area contributed by atoms with Crippen LogP contribution in [0.5, 0.6) is 0 Å². The highest BCUT2D eigenvalue weighted by Gasteiger charge is 2.26. The number of nitrogens with one attached hydrogen (secondary N) is 2. The van der Waals surface area contributed by atoms with Gasteiger partial charge in [0.2, 0.25) is 0 Å². The lowest BCUT2D eigenvalue weighted by Gasteiger charge is -2.27. The molecule has 1 aromatic heterocycles. The number of aromatic nitrogens is 1. The van der Waals surface area contributed by atoms with Crippen LogP contribution in [-0.2, 0) is 9.53 Å². The van der Waals surface area contributed by atoms with E-state index in [-0.39, 0.29) is 30.1 Å². The first kappa shape index (κ1) is 20.7. The summed E-state index contributed by atoms with van der Waals surface area (Å²) in [5.41, 5.74) is 8.24. The van der Waals surface area contributed by atoms with Crippen LogP contribution in [0.3, 0.4) is 0 Å². The van der Waals surface area contributed by atoms with Gasteiger partial charge in [-0.25, -0.2) is 4.98 Å². The maximum atomic E-state index is 11.6. The molecule has 2 aromatic rings. The van der Waals surface area contributed by atoms with Crippen LogP contribution in [-0.4, -0.2) is 29.9 Å². The number of amidine groups is 1. The van der Waals surface area contributed by atoms with E-state index in [4.69, 9.17) is 15.9 Å². The Hall–Kier alpha value is -2.60. The number of benzene rings is 1. The van der Waals surface area contributed by atoms with E-state index in [0.29, 0.717) is 11.6 Å². The minimum Gasteiger partial charge on any atom is -0.469 e. The van der Waals surface area contributed by atoms with Crippen LogP contribution in [0.2, 0.25) is 0 Å². The molecular weight excluding hydrogens is 364 g/mol. The highest BCUT2D eigenvalue weighted by atomic mass is 35.5. The number of carbonyl (C=O) groups excluding carboxylic acids is 1. The van der Waals surface area contributed by atoms with Gasteiger partial charge in [0.1, 0.15) is 11.7 Å². The number of anilines is 1. The molecule has 1 aliphatic carbocycles. The van der Waals surface area contributed by atoms with Gasteiger partial charge < -0.3 is 15.8 Å². The second-order valence-corrected chi connectivity index (χ2v) is 6.64. The van der Waals surface area contributed by atoms with E-state index in [2.05, 4.69) is 10.3 Å². The van der Waals surface area contributed by atoms with Gasteiger partial charge in [0.25, 0.3) is 0 Å². The highest BCUT2D eigenvalue weighted by molar-refractivity contribution is 5.95. The molecule has 6 nitrogen and oxygen atoms in total. The number of nitrogen functional groups attached to an aromatic ring is 1. The minimum absolute atomic E-state index is 0. The van der Waals surface area contributed by atoms with Crippen LogP contribution < -0.4 is 11.1 Å². The van der Waals surface area contributed by atoms with Gasteiger partial charge in [0.15, 0.2) is 0 Å². The summed E-state index contributed by atoms with van der Waals surface area (Å²) < 4.78 is 4.83. The highest BCUT2D eigenvalue weighted by Crippen LogP contribution is 2.27. The monoisotopic (exact) mass is 388 g/mol. The van der Waals surface area contributed by atoms with Crippen molar-refractivity contribution in [1.82, 2.24) is 4.98 Å². The third-order valence-corrected chi connectivity index (χ3v) is 4.91. The van der Waals surface area contributed by atoms with E-state index in [1.54, 1.807) is 0 Å². The first-order valence-electron chi connectivity index (χ1n) is 8.82. The van der Waals surface area contributed by atoms with Crippen molar-refractivity contribution in [3.8, 4) is 11.1 Å². The molecule has 1 aliphatic rings. The number of pyridine rings is 1. The average Bonchev–Trinajstić information content (AvgIpc) is 2.68. The Balaban J connectivity index is 0.00000261. The fraction of sp³-hybridized carbons (Fsp3) is 0.350. The summed E-state index contributed by atoms with van der Waals surface area (Å²) in [6, 6.07) is 11.9. The molecule has 7 heteroatoms. The molecule has 0 unspecified atom stereocenters. The maximum Gasteiger partial charge on any atom is 0.308 e. The van der Waals surface area contributed by atoms with Crippen molar-refractivity contribution in [1.29, 1.82) is 5.41 Å². The Bertz CT molecular complexity index is 770. The standard InChI is InChI=1S/C20H24N4O2.ClH/c1-26-20(25)15-6-9-17(10-7-15)24-18-11-8-16(12-23-18)13-2-4-14(5-3-13)19(21)22;/h2-5,8,11-12,15,17H,6-7,9-10H2,1H3,(H3,21,22)(H,23,24);1H/t15-,17-;. The number of nitrogens with two attached hydrogens (primary N) is 1. The Morgan fingerprint density at radius 1 is 1.11 bits per heavy atom. The SMILES string of the molecule is COC(=O)[C@H]1CC[C@H](Nc2ccc(-c3ccc(C(=N)N)cc3)cn2)CC1.Cl. The van der Waals surface area contributed by atoms with E-state index in [9.17, 15) is 4.79 Å². The fourth-order valence-electron chi connectivity index (χ4n) is 3.34. The summed E-state index contributed by atoms with van der Waals surface area (Å²) in [4.78, 5) is 16.1. The first-order valence-corrected chi connectivity index (χ1v) is 8.82. The third-order valence-electron chi connectivity index (χ3n) is 4.91. The van der Waals surface area contributed by atoms with Crippen molar-refractivity contribution in [3.05, 3.63) is 48.2 Å². The molecule has 144 valence electrons. The molecule has 0 spiro atoms. The zero-order valence-electron chi connectivity index (χ0n) is 15.3. The Kier molecular flexibility index (Phi) is 7.19. The second kappa shape index (κ2) is 9.37. The smallest absolute Gasteiger partial charge is 0.308 e. The number of hydrogen-bond donors (Lipinski definition) is 3. The largest absolute Gasteiger partial charge is 0.469 e. The van der Waals surface area contributed by atoms with Gasteiger partial charge in [-0.2, -0.15) is 0 Å². The van der Waals surface area contributed by atoms with E-state index in [1.807, 2.05) is 42.6 Å². The van der Waals surface area contributed by atoms with Crippen LogP contribution in [0, 0.1) is 11.3 Å². The number of nitrogens with zero attached hydrogens (tertiary/aromatic N) is 1. The molecule has 0 bridgehead atoms. The van der Waals surface area contributed by atoms with Crippen LogP contribution in [0.4, 0.5) is 5.82 Å². The van der Waals surface area contributed by atoms with Gasteiger partial charge in [-0.3, -0.25) is 10.2 Å². The van der Waals surface area contributed by atoms with Crippen molar-refractivity contribution in [2.45, 2.75) is 31.7 Å². The first-order chi connectivity index (χ1) is 12.6.